The molecule has 1 saturated heterocycles. The van der Waals surface area contributed by atoms with Crippen LogP contribution in [0.25, 0.3) is 11.0 Å². The molecule has 146 valence electrons. The van der Waals surface area contributed by atoms with E-state index in [1.54, 1.807) is 12.1 Å². The van der Waals surface area contributed by atoms with Crippen molar-refractivity contribution in [2.75, 3.05) is 13.1 Å². The smallest absolute Gasteiger partial charge is 0.290 e. The number of piperidine rings is 1. The molecule has 1 aliphatic heterocycles. The molecule has 3 heterocycles. The van der Waals surface area contributed by atoms with Crippen LogP contribution in [0.4, 0.5) is 0 Å². The Balaban J connectivity index is 1.22. The number of carbonyl (C=O) groups is 1. The lowest BCUT2D eigenvalue weighted by Crippen LogP contribution is -2.37. The molecule has 2 aromatic heterocycles. The minimum atomic E-state index is -0.101. The summed E-state index contributed by atoms with van der Waals surface area (Å²) in [6.45, 7) is 1.35. The Bertz CT molecular complexity index is 1090. The maximum Gasteiger partial charge on any atom is 0.290 e. The van der Waals surface area contributed by atoms with Gasteiger partial charge in [0.1, 0.15) is 11.6 Å². The Kier molecular flexibility index (Phi) is 4.52. The average molecular weight is 387 g/mol. The van der Waals surface area contributed by atoms with E-state index in [9.17, 15) is 4.79 Å². The molecule has 0 radical (unpaired) electrons. The maximum atomic E-state index is 12.8. The average Bonchev–Trinajstić information content (AvgIpc) is 3.41. The quantitative estimate of drug-likeness (QED) is 0.537. The predicted molar refractivity (Wildman–Crippen MR) is 109 cm³/mol. The lowest BCUT2D eigenvalue weighted by molar-refractivity contribution is 0.0674. The third-order valence-corrected chi connectivity index (χ3v) is 5.33. The lowest BCUT2D eigenvalue weighted by Gasteiger charge is -2.30. The first kappa shape index (κ1) is 17.6. The molecule has 0 atom stereocenters. The van der Waals surface area contributed by atoms with E-state index in [0.717, 1.165) is 29.7 Å². The van der Waals surface area contributed by atoms with Crippen molar-refractivity contribution >= 4 is 16.9 Å². The van der Waals surface area contributed by atoms with Crippen molar-refractivity contribution in [2.45, 2.75) is 18.8 Å². The fraction of sp³-hybridized carbons (Fsp3) is 0.217. The van der Waals surface area contributed by atoms with Crippen LogP contribution in [-0.4, -0.2) is 33.9 Å². The third-order valence-electron chi connectivity index (χ3n) is 5.33. The number of amides is 1. The predicted octanol–water partition coefficient (Wildman–Crippen LogP) is 4.97. The van der Waals surface area contributed by atoms with Gasteiger partial charge in [-0.05, 0) is 43.2 Å². The van der Waals surface area contributed by atoms with Crippen molar-refractivity contribution in [1.29, 1.82) is 0 Å². The minimum Gasteiger partial charge on any atom is -0.426 e. The highest BCUT2D eigenvalue weighted by atomic mass is 16.6. The first-order chi connectivity index (χ1) is 14.3. The number of rotatable bonds is 4. The zero-order valence-electron chi connectivity index (χ0n) is 15.9. The molecule has 2 aromatic carbocycles. The molecule has 1 aliphatic rings. The summed E-state index contributed by atoms with van der Waals surface area (Å²) in [5.41, 5.74) is 2.05. The van der Waals surface area contributed by atoms with Crippen LogP contribution in [0.5, 0.6) is 11.7 Å². The molecule has 0 unspecified atom stereocenters. The van der Waals surface area contributed by atoms with E-state index >= 15 is 0 Å². The normalized spacial score (nSPS) is 15.0. The summed E-state index contributed by atoms with van der Waals surface area (Å²) in [4.78, 5) is 22.8. The summed E-state index contributed by atoms with van der Waals surface area (Å²) < 4.78 is 11.3. The molecule has 4 aromatic rings. The summed E-state index contributed by atoms with van der Waals surface area (Å²) in [6.07, 6.45) is 1.75. The number of ether oxygens (including phenoxy) is 1. The van der Waals surface area contributed by atoms with Crippen LogP contribution >= 0.6 is 0 Å². The zero-order chi connectivity index (χ0) is 19.6. The largest absolute Gasteiger partial charge is 0.426 e. The second-order valence-corrected chi connectivity index (χ2v) is 7.24. The van der Waals surface area contributed by atoms with Gasteiger partial charge in [0.2, 0.25) is 0 Å². The Hall–Kier alpha value is -3.54. The van der Waals surface area contributed by atoms with Crippen molar-refractivity contribution in [3.63, 3.8) is 0 Å². The molecular formula is C23H21N3O3. The van der Waals surface area contributed by atoms with Crippen molar-refractivity contribution in [1.82, 2.24) is 14.9 Å². The van der Waals surface area contributed by atoms with Gasteiger partial charge < -0.3 is 19.0 Å². The maximum absolute atomic E-state index is 12.8. The van der Waals surface area contributed by atoms with Gasteiger partial charge >= 0.3 is 0 Å². The number of H-pyrrole nitrogens is 1. The summed E-state index contributed by atoms with van der Waals surface area (Å²) in [5, 5.41) is 0. The van der Waals surface area contributed by atoms with E-state index in [-0.39, 0.29) is 5.91 Å². The van der Waals surface area contributed by atoms with Gasteiger partial charge in [0.25, 0.3) is 11.9 Å². The van der Waals surface area contributed by atoms with Crippen molar-refractivity contribution in [2.24, 2.45) is 0 Å². The van der Waals surface area contributed by atoms with Gasteiger partial charge in [-0.15, -0.1) is 0 Å². The molecule has 0 aliphatic carbocycles. The van der Waals surface area contributed by atoms with Crippen LogP contribution in [0.1, 0.15) is 35.1 Å². The molecule has 5 rings (SSSR count). The lowest BCUT2D eigenvalue weighted by atomic mass is 9.96. The van der Waals surface area contributed by atoms with Gasteiger partial charge in [-0.25, -0.2) is 4.98 Å². The Morgan fingerprint density at radius 2 is 1.76 bits per heavy atom. The van der Waals surface area contributed by atoms with E-state index in [1.807, 2.05) is 59.5 Å². The van der Waals surface area contributed by atoms with E-state index in [2.05, 4.69) is 4.98 Å². The number of aromatic amines is 1. The van der Waals surface area contributed by atoms with Gasteiger partial charge in [0, 0.05) is 25.1 Å². The number of carbonyl (C=O) groups excluding carboxylic acids is 1. The van der Waals surface area contributed by atoms with Crippen LogP contribution in [-0.2, 0) is 0 Å². The van der Waals surface area contributed by atoms with E-state index in [4.69, 9.17) is 14.1 Å². The number of imidazole rings is 1. The molecule has 6 nitrogen and oxygen atoms in total. The van der Waals surface area contributed by atoms with Crippen molar-refractivity contribution < 1.29 is 13.9 Å². The zero-order valence-corrected chi connectivity index (χ0v) is 15.9. The minimum absolute atomic E-state index is 0.101. The van der Waals surface area contributed by atoms with Crippen molar-refractivity contribution in [3.8, 4) is 11.7 Å². The molecule has 0 saturated carbocycles. The van der Waals surface area contributed by atoms with Gasteiger partial charge in [-0.1, -0.05) is 30.3 Å². The van der Waals surface area contributed by atoms with Crippen LogP contribution < -0.4 is 4.74 Å². The Morgan fingerprint density at radius 1 is 1.00 bits per heavy atom. The number of nitrogens with one attached hydrogen (secondary N) is 1. The number of nitrogens with zero attached hydrogens (tertiary/aromatic N) is 2. The highest BCUT2D eigenvalue weighted by molar-refractivity contribution is 5.91. The number of likely N-dealkylation sites (tertiary alicyclic amines) is 1. The first-order valence-electron chi connectivity index (χ1n) is 9.83. The molecule has 0 spiro atoms. The molecular weight excluding hydrogens is 366 g/mol. The summed E-state index contributed by atoms with van der Waals surface area (Å²) >= 11 is 0. The molecule has 1 amide bonds. The number of furan rings is 1. The Morgan fingerprint density at radius 3 is 2.55 bits per heavy atom. The van der Waals surface area contributed by atoms with E-state index < -0.39 is 0 Å². The summed E-state index contributed by atoms with van der Waals surface area (Å²) in [6, 6.07) is 20.8. The van der Waals surface area contributed by atoms with Gasteiger partial charge in [0.05, 0.1) is 11.0 Å². The van der Waals surface area contributed by atoms with Gasteiger partial charge in [-0.2, -0.15) is 0 Å². The van der Waals surface area contributed by atoms with E-state index in [1.165, 1.54) is 0 Å². The first-order valence-corrected chi connectivity index (χ1v) is 9.83. The van der Waals surface area contributed by atoms with Crippen LogP contribution in [0, 0.1) is 0 Å². The fourth-order valence-electron chi connectivity index (χ4n) is 3.77. The molecule has 1 fully saturated rings. The van der Waals surface area contributed by atoms with E-state index in [0.29, 0.717) is 36.5 Å². The second-order valence-electron chi connectivity index (χ2n) is 7.24. The topological polar surface area (TPSA) is 71.4 Å². The highest BCUT2D eigenvalue weighted by Crippen LogP contribution is 2.29. The molecule has 29 heavy (non-hydrogen) atoms. The summed E-state index contributed by atoms with van der Waals surface area (Å²) in [7, 11) is 0. The van der Waals surface area contributed by atoms with Crippen LogP contribution in [0.3, 0.4) is 0 Å². The number of aromatic nitrogens is 2. The van der Waals surface area contributed by atoms with Crippen LogP contribution in [0.2, 0.25) is 0 Å². The number of fused-ring (bicyclic) bond motifs is 1. The molecule has 6 heteroatoms. The molecule has 0 bridgehead atoms. The number of hydrogen-bond donors (Lipinski definition) is 1. The van der Waals surface area contributed by atoms with Crippen molar-refractivity contribution in [3.05, 3.63) is 78.3 Å². The third kappa shape index (κ3) is 3.61. The van der Waals surface area contributed by atoms with Crippen LogP contribution in [0.15, 0.2) is 71.1 Å². The monoisotopic (exact) mass is 387 g/mol. The second kappa shape index (κ2) is 7.47. The number of benzene rings is 2. The number of hydrogen-bond acceptors (Lipinski definition) is 4. The number of para-hydroxylation sites is 3. The standard InChI is InChI=1S/C23H21N3O3/c27-23(20-10-11-21(29-20)28-17-6-2-1-3-7-17)26-14-12-16(13-15-26)22-24-18-8-4-5-9-19(18)25-22/h1-11,16H,12-15H2,(H,24,25). The fourth-order valence-corrected chi connectivity index (χ4v) is 3.77. The SMILES string of the molecule is O=C(c1ccc(Oc2ccccc2)o1)N1CCC(c2nc3ccccc3[nH]2)CC1. The van der Waals surface area contributed by atoms with Gasteiger partial charge in [0.15, 0.2) is 5.76 Å². The summed E-state index contributed by atoms with van der Waals surface area (Å²) in [5.74, 6) is 2.54. The van der Waals surface area contributed by atoms with Gasteiger partial charge in [-0.3, -0.25) is 4.79 Å². The highest BCUT2D eigenvalue weighted by Gasteiger charge is 2.28. The Labute approximate surface area is 168 Å². The molecule has 1 N–H and O–H groups in total.